The maximum absolute atomic E-state index is 12.2. The van der Waals surface area contributed by atoms with Gasteiger partial charge in [0.15, 0.2) is 5.43 Å². The number of aromatic nitrogens is 1. The van der Waals surface area contributed by atoms with Crippen molar-refractivity contribution in [2.45, 2.75) is 26.8 Å². The Balaban J connectivity index is 2.50. The first-order chi connectivity index (χ1) is 8.20. The lowest BCUT2D eigenvalue weighted by Gasteiger charge is -2.06. The van der Waals surface area contributed by atoms with Crippen molar-refractivity contribution in [3.63, 3.8) is 0 Å². The fraction of sp³-hybridized carbons (Fsp3) is 0.267. The van der Waals surface area contributed by atoms with Crippen molar-refractivity contribution in [2.75, 3.05) is 0 Å². The molecule has 1 aromatic carbocycles. The molecule has 1 aliphatic rings. The van der Waals surface area contributed by atoms with Gasteiger partial charge in [0.05, 0.1) is 5.52 Å². The van der Waals surface area contributed by atoms with E-state index in [4.69, 9.17) is 0 Å². The fourth-order valence-electron chi connectivity index (χ4n) is 2.60. The van der Waals surface area contributed by atoms with Crippen molar-refractivity contribution in [3.05, 3.63) is 45.2 Å². The van der Waals surface area contributed by atoms with Crippen LogP contribution in [0.3, 0.4) is 0 Å². The standard InChI is InChI=1S/C15H13NO/c1-3-4-11-7-12-5-6-16-9-10(2)15(17)13(8-11)14(12)16/h7-9H,5-6H2,1-2H3. The predicted molar refractivity (Wildman–Crippen MR) is 69.2 cm³/mol. The monoisotopic (exact) mass is 223 g/mol. The topological polar surface area (TPSA) is 22.0 Å². The molecule has 0 amide bonds. The van der Waals surface area contributed by atoms with E-state index in [1.165, 1.54) is 5.56 Å². The number of aryl methyl sites for hydroxylation is 3. The van der Waals surface area contributed by atoms with Crippen LogP contribution >= 0.6 is 0 Å². The van der Waals surface area contributed by atoms with Crippen molar-refractivity contribution < 1.29 is 0 Å². The molecule has 0 saturated carbocycles. The molecule has 0 aliphatic carbocycles. The highest BCUT2D eigenvalue weighted by Gasteiger charge is 2.16. The van der Waals surface area contributed by atoms with Gasteiger partial charge in [-0.2, -0.15) is 0 Å². The number of rotatable bonds is 0. The smallest absolute Gasteiger partial charge is 0.192 e. The molecule has 3 rings (SSSR count). The van der Waals surface area contributed by atoms with E-state index in [9.17, 15) is 4.79 Å². The molecule has 0 atom stereocenters. The van der Waals surface area contributed by atoms with E-state index >= 15 is 0 Å². The van der Waals surface area contributed by atoms with Gasteiger partial charge in [0, 0.05) is 29.3 Å². The molecular formula is C15H13NO. The summed E-state index contributed by atoms with van der Waals surface area (Å²) in [5, 5.41) is 0.817. The second-order valence-electron chi connectivity index (χ2n) is 4.49. The lowest BCUT2D eigenvalue weighted by Crippen LogP contribution is -2.10. The summed E-state index contributed by atoms with van der Waals surface area (Å²) in [5.74, 6) is 5.94. The first-order valence-electron chi connectivity index (χ1n) is 5.80. The van der Waals surface area contributed by atoms with Gasteiger partial charge < -0.3 is 4.57 Å². The first kappa shape index (κ1) is 10.2. The Morgan fingerprint density at radius 2 is 2.18 bits per heavy atom. The van der Waals surface area contributed by atoms with Gasteiger partial charge in [0.1, 0.15) is 0 Å². The van der Waals surface area contributed by atoms with Gasteiger partial charge >= 0.3 is 0 Å². The van der Waals surface area contributed by atoms with Gasteiger partial charge in [0.25, 0.3) is 0 Å². The Morgan fingerprint density at radius 1 is 1.35 bits per heavy atom. The van der Waals surface area contributed by atoms with E-state index in [-0.39, 0.29) is 5.43 Å². The molecule has 2 nitrogen and oxygen atoms in total. The normalized spacial score (nSPS) is 12.6. The summed E-state index contributed by atoms with van der Waals surface area (Å²) in [7, 11) is 0. The lowest BCUT2D eigenvalue weighted by atomic mass is 10.0. The molecule has 0 saturated heterocycles. The van der Waals surface area contributed by atoms with Crippen LogP contribution in [0.1, 0.15) is 23.6 Å². The Labute approximate surface area is 99.9 Å². The average molecular weight is 223 g/mol. The highest BCUT2D eigenvalue weighted by molar-refractivity contribution is 5.85. The van der Waals surface area contributed by atoms with E-state index in [0.29, 0.717) is 0 Å². The zero-order valence-corrected chi connectivity index (χ0v) is 10.0. The number of pyridine rings is 1. The SMILES string of the molecule is CC#Cc1cc2c3c(c1)c(=O)c(C)cn3CC2. The van der Waals surface area contributed by atoms with Crippen LogP contribution in [0.2, 0.25) is 0 Å². The molecule has 0 unspecified atom stereocenters. The van der Waals surface area contributed by atoms with E-state index in [2.05, 4.69) is 22.5 Å². The molecule has 2 aromatic rings. The molecule has 0 fully saturated rings. The second-order valence-corrected chi connectivity index (χ2v) is 4.49. The van der Waals surface area contributed by atoms with Crippen LogP contribution in [-0.2, 0) is 13.0 Å². The molecule has 0 spiro atoms. The lowest BCUT2D eigenvalue weighted by molar-refractivity contribution is 0.762. The molecule has 0 bridgehead atoms. The van der Waals surface area contributed by atoms with Crippen LogP contribution in [0.15, 0.2) is 23.1 Å². The quantitative estimate of drug-likeness (QED) is 0.628. The van der Waals surface area contributed by atoms with Gasteiger partial charge in [-0.25, -0.2) is 0 Å². The minimum absolute atomic E-state index is 0.138. The van der Waals surface area contributed by atoms with Gasteiger partial charge in [-0.1, -0.05) is 5.92 Å². The number of hydrogen-bond donors (Lipinski definition) is 0. The summed E-state index contributed by atoms with van der Waals surface area (Å²) in [5.41, 5.74) is 4.25. The molecule has 1 aliphatic heterocycles. The summed E-state index contributed by atoms with van der Waals surface area (Å²) in [6.07, 6.45) is 2.96. The minimum Gasteiger partial charge on any atom is -0.346 e. The van der Waals surface area contributed by atoms with E-state index in [1.54, 1.807) is 0 Å². The first-order valence-corrected chi connectivity index (χ1v) is 5.80. The molecule has 1 aromatic heterocycles. The number of hydrogen-bond acceptors (Lipinski definition) is 1. The second kappa shape index (κ2) is 3.49. The molecule has 84 valence electrons. The largest absolute Gasteiger partial charge is 0.346 e. The Bertz CT molecular complexity index is 741. The summed E-state index contributed by atoms with van der Waals surface area (Å²) in [6, 6.07) is 4.03. The fourth-order valence-corrected chi connectivity index (χ4v) is 2.60. The highest BCUT2D eigenvalue weighted by Crippen LogP contribution is 2.25. The molecule has 0 radical (unpaired) electrons. The van der Waals surface area contributed by atoms with Gasteiger partial charge in [-0.05, 0) is 38.0 Å². The third-order valence-electron chi connectivity index (χ3n) is 3.32. The van der Waals surface area contributed by atoms with E-state index in [0.717, 1.165) is 35.0 Å². The molecule has 17 heavy (non-hydrogen) atoms. The maximum atomic E-state index is 12.2. The van der Waals surface area contributed by atoms with Crippen molar-refractivity contribution >= 4 is 10.9 Å². The zero-order chi connectivity index (χ0) is 12.0. The highest BCUT2D eigenvalue weighted by atomic mass is 16.1. The Kier molecular flexibility index (Phi) is 2.09. The number of nitrogens with zero attached hydrogens (tertiary/aromatic N) is 1. The van der Waals surface area contributed by atoms with E-state index < -0.39 is 0 Å². The summed E-state index contributed by atoms with van der Waals surface area (Å²) < 4.78 is 2.19. The third kappa shape index (κ3) is 1.39. The predicted octanol–water partition coefficient (Wildman–Crippen LogP) is 2.24. The molecule has 2 heterocycles. The summed E-state index contributed by atoms with van der Waals surface area (Å²) in [6.45, 7) is 4.66. The summed E-state index contributed by atoms with van der Waals surface area (Å²) >= 11 is 0. The van der Waals surface area contributed by atoms with Gasteiger partial charge in [-0.3, -0.25) is 4.79 Å². The van der Waals surface area contributed by atoms with E-state index in [1.807, 2.05) is 26.1 Å². The molecule has 2 heteroatoms. The minimum atomic E-state index is 0.138. The summed E-state index contributed by atoms with van der Waals surface area (Å²) in [4.78, 5) is 12.2. The molecular weight excluding hydrogens is 210 g/mol. The van der Waals surface area contributed by atoms with Gasteiger partial charge in [0.2, 0.25) is 0 Å². The van der Waals surface area contributed by atoms with Gasteiger partial charge in [-0.15, -0.1) is 5.92 Å². The van der Waals surface area contributed by atoms with Crippen LogP contribution in [0.4, 0.5) is 0 Å². The van der Waals surface area contributed by atoms with Crippen LogP contribution in [0, 0.1) is 18.8 Å². The third-order valence-corrected chi connectivity index (χ3v) is 3.32. The Hall–Kier alpha value is -2.01. The van der Waals surface area contributed by atoms with Crippen molar-refractivity contribution in [2.24, 2.45) is 0 Å². The molecule has 0 N–H and O–H groups in total. The van der Waals surface area contributed by atoms with Crippen molar-refractivity contribution in [1.82, 2.24) is 4.57 Å². The van der Waals surface area contributed by atoms with Crippen LogP contribution < -0.4 is 5.43 Å². The van der Waals surface area contributed by atoms with Crippen LogP contribution in [0.25, 0.3) is 10.9 Å². The van der Waals surface area contributed by atoms with Crippen molar-refractivity contribution in [1.29, 1.82) is 0 Å². The number of benzene rings is 1. The van der Waals surface area contributed by atoms with Crippen molar-refractivity contribution in [3.8, 4) is 11.8 Å². The zero-order valence-electron chi connectivity index (χ0n) is 10.0. The van der Waals surface area contributed by atoms with Crippen LogP contribution in [0.5, 0.6) is 0 Å². The maximum Gasteiger partial charge on any atom is 0.192 e. The average Bonchev–Trinajstić information content (AvgIpc) is 2.70. The van der Waals surface area contributed by atoms with Crippen LogP contribution in [-0.4, -0.2) is 4.57 Å². The Morgan fingerprint density at radius 3 is 2.94 bits per heavy atom.